The van der Waals surface area contributed by atoms with Crippen molar-refractivity contribution >= 4 is 33.0 Å². The number of amides is 1. The Bertz CT molecular complexity index is 1230. The number of piperidine rings is 1. The zero-order chi connectivity index (χ0) is 22.9. The molecule has 0 saturated carbocycles. The first-order valence-electron chi connectivity index (χ1n) is 10.6. The molecular weight excluding hydrogens is 448 g/mol. The van der Waals surface area contributed by atoms with Crippen LogP contribution in [0.2, 0.25) is 0 Å². The molecule has 1 saturated heterocycles. The molecule has 2 aromatic heterocycles. The first-order chi connectivity index (χ1) is 15.3. The zero-order valence-corrected chi connectivity index (χ0v) is 19.9. The second-order valence-electron chi connectivity index (χ2n) is 8.03. The minimum absolute atomic E-state index is 0.149. The average Bonchev–Trinajstić information content (AvgIpc) is 3.46. The van der Waals surface area contributed by atoms with Gasteiger partial charge in [-0.2, -0.15) is 9.29 Å². The quantitative estimate of drug-likeness (QED) is 0.579. The summed E-state index contributed by atoms with van der Waals surface area (Å²) in [5, 5.41) is 8.61. The third-order valence-electron chi connectivity index (χ3n) is 5.60. The lowest BCUT2D eigenvalue weighted by Crippen LogP contribution is -2.43. The number of nitrogens with one attached hydrogen (secondary N) is 1. The highest BCUT2D eigenvalue weighted by molar-refractivity contribution is 7.91. The molecule has 1 aliphatic heterocycles. The highest BCUT2D eigenvalue weighted by Gasteiger charge is 2.34. The van der Waals surface area contributed by atoms with Crippen LogP contribution in [0.3, 0.4) is 0 Å². The van der Waals surface area contributed by atoms with Crippen LogP contribution in [-0.4, -0.2) is 41.9 Å². The predicted octanol–water partition coefficient (Wildman–Crippen LogP) is 4.02. The van der Waals surface area contributed by atoms with Gasteiger partial charge in [0.15, 0.2) is 0 Å². The van der Waals surface area contributed by atoms with Crippen molar-refractivity contribution in [3.63, 3.8) is 0 Å². The Kier molecular flexibility index (Phi) is 6.45. The second kappa shape index (κ2) is 9.13. The topological polar surface area (TPSA) is 105 Å². The number of carbonyl (C=O) groups excluding carboxylic acids is 1. The number of anilines is 1. The molecule has 1 amide bonds. The van der Waals surface area contributed by atoms with Crippen LogP contribution >= 0.6 is 11.3 Å². The number of nitrogens with zero attached hydrogens (tertiary/aromatic N) is 3. The van der Waals surface area contributed by atoms with E-state index in [2.05, 4.69) is 15.5 Å². The van der Waals surface area contributed by atoms with Gasteiger partial charge in [-0.05, 0) is 49.9 Å². The Labute approximate surface area is 191 Å². The normalized spacial score (nSPS) is 17.4. The molecule has 1 atom stereocenters. The highest BCUT2D eigenvalue weighted by atomic mass is 32.2. The molecule has 0 unspecified atom stereocenters. The van der Waals surface area contributed by atoms with Crippen molar-refractivity contribution in [2.75, 3.05) is 18.4 Å². The first-order valence-corrected chi connectivity index (χ1v) is 12.9. The smallest absolute Gasteiger partial charge is 0.252 e. The molecule has 0 radical (unpaired) electrons. The van der Waals surface area contributed by atoms with Crippen molar-refractivity contribution in [3.8, 4) is 11.4 Å². The van der Waals surface area contributed by atoms with Crippen LogP contribution < -0.4 is 5.32 Å². The van der Waals surface area contributed by atoms with Crippen molar-refractivity contribution in [1.82, 2.24) is 14.4 Å². The average molecular weight is 475 g/mol. The number of rotatable bonds is 6. The van der Waals surface area contributed by atoms with E-state index in [4.69, 9.17) is 4.52 Å². The first kappa shape index (κ1) is 22.6. The van der Waals surface area contributed by atoms with Gasteiger partial charge in [0.1, 0.15) is 4.21 Å². The second-order valence-corrected chi connectivity index (χ2v) is 11.1. The Morgan fingerprint density at radius 1 is 1.31 bits per heavy atom. The van der Waals surface area contributed by atoms with Crippen LogP contribution in [0.1, 0.15) is 36.8 Å². The molecule has 3 heterocycles. The van der Waals surface area contributed by atoms with Crippen LogP contribution in [0.5, 0.6) is 0 Å². The molecule has 3 aromatic rings. The lowest BCUT2D eigenvalue weighted by molar-refractivity contribution is -0.120. The van der Waals surface area contributed by atoms with E-state index in [1.165, 1.54) is 4.31 Å². The van der Waals surface area contributed by atoms with E-state index in [0.717, 1.165) is 28.2 Å². The van der Waals surface area contributed by atoms with Crippen molar-refractivity contribution < 1.29 is 17.7 Å². The van der Waals surface area contributed by atoms with Crippen LogP contribution in [0.4, 0.5) is 5.69 Å². The van der Waals surface area contributed by atoms with E-state index >= 15 is 0 Å². The van der Waals surface area contributed by atoms with Gasteiger partial charge >= 0.3 is 0 Å². The van der Waals surface area contributed by atoms with Crippen molar-refractivity contribution in [1.29, 1.82) is 0 Å². The van der Waals surface area contributed by atoms with Crippen molar-refractivity contribution in [3.05, 3.63) is 46.7 Å². The number of aromatic nitrogens is 2. The Balaban J connectivity index is 1.48. The maximum absolute atomic E-state index is 13.3. The molecule has 4 rings (SSSR count). The zero-order valence-electron chi connectivity index (χ0n) is 18.3. The van der Waals surface area contributed by atoms with Gasteiger partial charge < -0.3 is 9.84 Å². The maximum atomic E-state index is 13.3. The van der Waals surface area contributed by atoms with Crippen molar-refractivity contribution in [2.45, 2.75) is 44.2 Å². The fraction of sp³-hybridized carbons (Fsp3) is 0.409. The van der Waals surface area contributed by atoms with Gasteiger partial charge in [0.25, 0.3) is 10.0 Å². The van der Waals surface area contributed by atoms with Gasteiger partial charge in [-0.25, -0.2) is 8.42 Å². The lowest BCUT2D eigenvalue weighted by atomic mass is 9.98. The summed E-state index contributed by atoms with van der Waals surface area (Å²) in [6.45, 7) is 6.37. The molecule has 10 heteroatoms. The number of thiophene rings is 1. The van der Waals surface area contributed by atoms with Crippen LogP contribution in [0, 0.1) is 19.8 Å². The number of sulfonamides is 1. The monoisotopic (exact) mass is 474 g/mol. The van der Waals surface area contributed by atoms with Gasteiger partial charge in [-0.1, -0.05) is 24.2 Å². The minimum Gasteiger partial charge on any atom is -0.339 e. The summed E-state index contributed by atoms with van der Waals surface area (Å²) in [6.07, 6.45) is 1.90. The van der Waals surface area contributed by atoms with Gasteiger partial charge in [-0.15, -0.1) is 11.3 Å². The molecule has 0 aliphatic carbocycles. The molecule has 1 N–H and O–H groups in total. The molecular formula is C22H26N4O4S2. The molecule has 170 valence electrons. The number of hydrogen-bond acceptors (Lipinski definition) is 7. The summed E-state index contributed by atoms with van der Waals surface area (Å²) < 4.78 is 33.3. The van der Waals surface area contributed by atoms with Gasteiger partial charge in [0.2, 0.25) is 17.6 Å². The van der Waals surface area contributed by atoms with E-state index < -0.39 is 15.9 Å². The number of hydrogen-bond donors (Lipinski definition) is 1. The summed E-state index contributed by atoms with van der Waals surface area (Å²) >= 11 is 1.13. The van der Waals surface area contributed by atoms with Crippen LogP contribution in [0.25, 0.3) is 11.4 Å². The van der Waals surface area contributed by atoms with Gasteiger partial charge in [0, 0.05) is 36.1 Å². The van der Waals surface area contributed by atoms with Crippen LogP contribution in [-0.2, 0) is 21.2 Å². The third-order valence-corrected chi connectivity index (χ3v) is 8.88. The van der Waals surface area contributed by atoms with E-state index in [1.54, 1.807) is 11.4 Å². The third kappa shape index (κ3) is 4.62. The van der Waals surface area contributed by atoms with E-state index in [1.807, 2.05) is 39.0 Å². The molecule has 1 aliphatic rings. The molecule has 32 heavy (non-hydrogen) atoms. The van der Waals surface area contributed by atoms with Crippen molar-refractivity contribution in [2.24, 2.45) is 5.92 Å². The fourth-order valence-electron chi connectivity index (χ4n) is 3.69. The SMILES string of the molecule is CCc1nc(-c2csc(S(=O)(=O)N3CCC[C@H](C(=O)Nc4cc(C)ccc4C)C3)c2)no1. The highest BCUT2D eigenvalue weighted by Crippen LogP contribution is 2.31. The molecule has 8 nitrogen and oxygen atoms in total. The van der Waals surface area contributed by atoms with Crippen LogP contribution in [0.15, 0.2) is 38.4 Å². The number of benzene rings is 1. The van der Waals surface area contributed by atoms with E-state index in [-0.39, 0.29) is 16.7 Å². The van der Waals surface area contributed by atoms with E-state index in [9.17, 15) is 13.2 Å². The minimum atomic E-state index is -3.72. The Hall–Kier alpha value is -2.56. The van der Waals surface area contributed by atoms with Gasteiger partial charge in [0.05, 0.1) is 5.92 Å². The summed E-state index contributed by atoms with van der Waals surface area (Å²) in [5.41, 5.74) is 3.41. The lowest BCUT2D eigenvalue weighted by Gasteiger charge is -2.31. The Morgan fingerprint density at radius 3 is 2.88 bits per heavy atom. The van der Waals surface area contributed by atoms with E-state index in [0.29, 0.717) is 43.1 Å². The summed E-state index contributed by atoms with van der Waals surface area (Å²) in [6, 6.07) is 7.46. The van der Waals surface area contributed by atoms with Gasteiger partial charge in [-0.3, -0.25) is 4.79 Å². The molecule has 1 aromatic carbocycles. The Morgan fingerprint density at radius 2 is 2.12 bits per heavy atom. The fourth-order valence-corrected chi connectivity index (χ4v) is 6.53. The standard InChI is InChI=1S/C22H26N4O4S2/c1-4-19-24-21(25-30-19)17-11-20(31-13-17)32(28,29)26-9-5-6-16(12-26)22(27)23-18-10-14(2)7-8-15(18)3/h7-8,10-11,13,16H,4-6,9,12H2,1-3H3,(H,23,27)/t16-/m0/s1. The number of aryl methyl sites for hydroxylation is 3. The molecule has 0 bridgehead atoms. The summed E-state index contributed by atoms with van der Waals surface area (Å²) in [5.74, 6) is 0.333. The summed E-state index contributed by atoms with van der Waals surface area (Å²) in [4.78, 5) is 17.2. The largest absolute Gasteiger partial charge is 0.339 e. The predicted molar refractivity (Wildman–Crippen MR) is 123 cm³/mol. The molecule has 1 fully saturated rings. The molecule has 0 spiro atoms. The summed E-state index contributed by atoms with van der Waals surface area (Å²) in [7, 11) is -3.72. The maximum Gasteiger partial charge on any atom is 0.252 e. The number of carbonyl (C=O) groups is 1.